The number of carboxylic acid groups (broad SMARTS) is 1. The number of hydrogen-bond acceptors (Lipinski definition) is 4. The van der Waals surface area contributed by atoms with Gasteiger partial charge in [-0.2, -0.15) is 5.10 Å². The van der Waals surface area contributed by atoms with E-state index >= 15 is 0 Å². The van der Waals surface area contributed by atoms with E-state index in [2.05, 4.69) is 17.3 Å². The SMILES string of the molecule is CCCCSC(C)C(=O)Nc1cccc(-n2ncc(C(=O)O)c2C)c1. The zero-order valence-electron chi connectivity index (χ0n) is 14.7. The minimum Gasteiger partial charge on any atom is -0.478 e. The van der Waals surface area contributed by atoms with Gasteiger partial charge in [-0.25, -0.2) is 9.48 Å². The molecule has 0 fully saturated rings. The lowest BCUT2D eigenvalue weighted by atomic mass is 10.2. The van der Waals surface area contributed by atoms with Crippen LogP contribution in [0, 0.1) is 6.92 Å². The van der Waals surface area contributed by atoms with Crippen LogP contribution in [-0.4, -0.2) is 37.8 Å². The van der Waals surface area contributed by atoms with E-state index in [1.54, 1.807) is 35.5 Å². The predicted molar refractivity (Wildman–Crippen MR) is 101 cm³/mol. The van der Waals surface area contributed by atoms with Gasteiger partial charge in [0, 0.05) is 5.69 Å². The molecule has 134 valence electrons. The number of carbonyl (C=O) groups excluding carboxylic acids is 1. The van der Waals surface area contributed by atoms with Gasteiger partial charge in [0.15, 0.2) is 0 Å². The lowest BCUT2D eigenvalue weighted by molar-refractivity contribution is -0.115. The predicted octanol–water partition coefficient (Wildman–Crippen LogP) is 3.74. The van der Waals surface area contributed by atoms with E-state index in [1.165, 1.54) is 6.20 Å². The standard InChI is InChI=1S/C18H23N3O3S/c1-4-5-9-25-13(3)17(22)20-14-7-6-8-15(10-14)21-12(2)16(11-19-21)18(23)24/h6-8,10-11,13H,4-5,9H2,1-3H3,(H,20,22)(H,23,24). The van der Waals surface area contributed by atoms with Crippen molar-refractivity contribution in [1.29, 1.82) is 0 Å². The number of thioether (sulfide) groups is 1. The van der Waals surface area contributed by atoms with Crippen molar-refractivity contribution >= 4 is 29.3 Å². The zero-order valence-corrected chi connectivity index (χ0v) is 15.5. The van der Waals surface area contributed by atoms with Crippen molar-refractivity contribution in [1.82, 2.24) is 9.78 Å². The first kappa shape index (κ1) is 19.1. The molecule has 0 aliphatic heterocycles. The van der Waals surface area contributed by atoms with Gasteiger partial charge in [0.25, 0.3) is 0 Å². The summed E-state index contributed by atoms with van der Waals surface area (Å²) in [5.41, 5.74) is 2.07. The number of rotatable bonds is 8. The molecule has 1 aromatic heterocycles. The van der Waals surface area contributed by atoms with Crippen LogP contribution < -0.4 is 5.32 Å². The molecule has 2 aromatic rings. The molecule has 25 heavy (non-hydrogen) atoms. The van der Waals surface area contributed by atoms with E-state index in [0.717, 1.165) is 18.6 Å². The van der Waals surface area contributed by atoms with Crippen LogP contribution in [0.1, 0.15) is 42.7 Å². The molecular weight excluding hydrogens is 338 g/mol. The number of anilines is 1. The van der Waals surface area contributed by atoms with E-state index in [-0.39, 0.29) is 16.7 Å². The molecule has 6 nitrogen and oxygen atoms in total. The highest BCUT2D eigenvalue weighted by Crippen LogP contribution is 2.20. The highest BCUT2D eigenvalue weighted by atomic mass is 32.2. The summed E-state index contributed by atoms with van der Waals surface area (Å²) in [5, 5.41) is 16.1. The average molecular weight is 361 g/mol. The topological polar surface area (TPSA) is 84.2 Å². The Morgan fingerprint density at radius 3 is 2.80 bits per heavy atom. The number of nitrogens with one attached hydrogen (secondary N) is 1. The van der Waals surface area contributed by atoms with Crippen molar-refractivity contribution in [2.45, 2.75) is 38.9 Å². The molecule has 0 saturated carbocycles. The van der Waals surface area contributed by atoms with Gasteiger partial charge in [0.1, 0.15) is 5.56 Å². The van der Waals surface area contributed by atoms with Crippen LogP contribution in [0.5, 0.6) is 0 Å². The number of carboxylic acids is 1. The second-order valence-electron chi connectivity index (χ2n) is 5.77. The van der Waals surface area contributed by atoms with Crippen LogP contribution in [-0.2, 0) is 4.79 Å². The molecule has 1 atom stereocenters. The van der Waals surface area contributed by atoms with E-state index in [1.807, 2.05) is 19.1 Å². The van der Waals surface area contributed by atoms with Gasteiger partial charge < -0.3 is 10.4 Å². The number of carbonyl (C=O) groups is 2. The van der Waals surface area contributed by atoms with Gasteiger partial charge in [-0.1, -0.05) is 19.4 Å². The maximum atomic E-state index is 12.3. The number of amides is 1. The van der Waals surface area contributed by atoms with Crippen LogP contribution >= 0.6 is 11.8 Å². The summed E-state index contributed by atoms with van der Waals surface area (Å²) >= 11 is 1.64. The van der Waals surface area contributed by atoms with E-state index in [0.29, 0.717) is 17.1 Å². The van der Waals surface area contributed by atoms with E-state index < -0.39 is 5.97 Å². The van der Waals surface area contributed by atoms with Crippen LogP contribution in [0.2, 0.25) is 0 Å². The Labute approximate surface area is 151 Å². The average Bonchev–Trinajstić information content (AvgIpc) is 2.97. The van der Waals surface area contributed by atoms with Crippen molar-refractivity contribution < 1.29 is 14.7 Å². The zero-order chi connectivity index (χ0) is 18.4. The Balaban J connectivity index is 2.11. The third-order valence-corrected chi connectivity index (χ3v) is 5.07. The molecule has 0 bridgehead atoms. The third-order valence-electron chi connectivity index (χ3n) is 3.83. The fraction of sp³-hybridized carbons (Fsp3) is 0.389. The largest absolute Gasteiger partial charge is 0.478 e. The molecule has 1 aromatic carbocycles. The molecular formula is C18H23N3O3S. The summed E-state index contributed by atoms with van der Waals surface area (Å²) in [6, 6.07) is 7.22. The lowest BCUT2D eigenvalue weighted by Gasteiger charge is -2.13. The van der Waals surface area contributed by atoms with Crippen molar-refractivity contribution in [3.05, 3.63) is 41.7 Å². The Morgan fingerprint density at radius 1 is 1.40 bits per heavy atom. The number of nitrogens with zero attached hydrogens (tertiary/aromatic N) is 2. The number of aromatic nitrogens is 2. The first-order valence-corrected chi connectivity index (χ1v) is 9.29. The number of unbranched alkanes of at least 4 members (excludes halogenated alkanes) is 1. The Kier molecular flexibility index (Phi) is 6.64. The number of benzene rings is 1. The van der Waals surface area contributed by atoms with E-state index in [9.17, 15) is 9.59 Å². The molecule has 7 heteroatoms. The molecule has 0 aliphatic carbocycles. The quantitative estimate of drug-likeness (QED) is 0.700. The van der Waals surface area contributed by atoms with Crippen LogP contribution in [0.4, 0.5) is 5.69 Å². The molecule has 1 amide bonds. The summed E-state index contributed by atoms with van der Waals surface area (Å²) < 4.78 is 1.55. The molecule has 1 unspecified atom stereocenters. The molecule has 0 spiro atoms. The maximum absolute atomic E-state index is 12.3. The third kappa shape index (κ3) is 4.85. The van der Waals surface area contributed by atoms with E-state index in [4.69, 9.17) is 5.11 Å². The van der Waals surface area contributed by atoms with Gasteiger partial charge >= 0.3 is 5.97 Å². The molecule has 0 radical (unpaired) electrons. The van der Waals surface area contributed by atoms with Gasteiger partial charge in [-0.05, 0) is 44.2 Å². The Bertz CT molecular complexity index is 758. The Morgan fingerprint density at radius 2 is 2.16 bits per heavy atom. The summed E-state index contributed by atoms with van der Waals surface area (Å²) in [7, 11) is 0. The first-order valence-electron chi connectivity index (χ1n) is 8.24. The molecule has 1 heterocycles. The van der Waals surface area contributed by atoms with Gasteiger partial charge in [-0.3, -0.25) is 4.79 Å². The first-order chi connectivity index (χ1) is 11.9. The second kappa shape index (κ2) is 8.71. The van der Waals surface area contributed by atoms with Crippen LogP contribution in [0.15, 0.2) is 30.5 Å². The van der Waals surface area contributed by atoms with Crippen molar-refractivity contribution in [2.75, 3.05) is 11.1 Å². The minimum atomic E-state index is -1.01. The molecule has 0 saturated heterocycles. The van der Waals surface area contributed by atoms with Crippen LogP contribution in [0.25, 0.3) is 5.69 Å². The van der Waals surface area contributed by atoms with Crippen molar-refractivity contribution in [3.8, 4) is 5.69 Å². The highest BCUT2D eigenvalue weighted by molar-refractivity contribution is 8.00. The fourth-order valence-electron chi connectivity index (χ4n) is 2.32. The maximum Gasteiger partial charge on any atom is 0.339 e. The smallest absolute Gasteiger partial charge is 0.339 e. The summed E-state index contributed by atoms with van der Waals surface area (Å²) in [5.74, 6) is -0.0805. The van der Waals surface area contributed by atoms with Crippen molar-refractivity contribution in [3.63, 3.8) is 0 Å². The monoisotopic (exact) mass is 361 g/mol. The fourth-order valence-corrected chi connectivity index (χ4v) is 3.34. The second-order valence-corrected chi connectivity index (χ2v) is 7.22. The lowest BCUT2D eigenvalue weighted by Crippen LogP contribution is -2.22. The van der Waals surface area contributed by atoms with Crippen LogP contribution in [0.3, 0.4) is 0 Å². The summed E-state index contributed by atoms with van der Waals surface area (Å²) in [6.45, 7) is 5.73. The molecule has 2 N–H and O–H groups in total. The molecule has 2 rings (SSSR count). The van der Waals surface area contributed by atoms with Gasteiger partial charge in [0.05, 0.1) is 22.8 Å². The minimum absolute atomic E-state index is 0.0401. The molecule has 0 aliphatic rings. The van der Waals surface area contributed by atoms with Gasteiger partial charge in [-0.15, -0.1) is 11.8 Å². The summed E-state index contributed by atoms with van der Waals surface area (Å²) in [4.78, 5) is 23.4. The highest BCUT2D eigenvalue weighted by Gasteiger charge is 2.16. The number of hydrogen-bond donors (Lipinski definition) is 2. The van der Waals surface area contributed by atoms with Crippen molar-refractivity contribution in [2.24, 2.45) is 0 Å². The normalized spacial score (nSPS) is 12.0. The van der Waals surface area contributed by atoms with Gasteiger partial charge in [0.2, 0.25) is 5.91 Å². The summed E-state index contributed by atoms with van der Waals surface area (Å²) in [6.07, 6.45) is 3.54. The Hall–Kier alpha value is -2.28. The number of aromatic carboxylic acids is 1.